The van der Waals surface area contributed by atoms with Crippen LogP contribution in [0.3, 0.4) is 0 Å². The summed E-state index contributed by atoms with van der Waals surface area (Å²) in [6, 6.07) is 18.3. The maximum atomic E-state index is 12.5. The van der Waals surface area contributed by atoms with Gasteiger partial charge in [-0.2, -0.15) is 5.10 Å². The Labute approximate surface area is 219 Å². The molecule has 1 aliphatic heterocycles. The Morgan fingerprint density at radius 3 is 2.59 bits per heavy atom. The third kappa shape index (κ3) is 6.27. The van der Waals surface area contributed by atoms with E-state index in [0.717, 1.165) is 59.7 Å². The van der Waals surface area contributed by atoms with E-state index in [-0.39, 0.29) is 11.9 Å². The molecule has 3 aromatic rings. The SMILES string of the molecule is CCCCN=C(C)c1c(-c2ccc(Nc3ccccc3)cc2)nn(C2CCN(C(=O)/C=C/CN)C2)c1N. The first kappa shape index (κ1) is 26.2. The minimum atomic E-state index is -0.0297. The fourth-order valence-corrected chi connectivity index (χ4v) is 4.58. The number of hydrogen-bond acceptors (Lipinski definition) is 6. The summed E-state index contributed by atoms with van der Waals surface area (Å²) in [4.78, 5) is 19.1. The zero-order valence-corrected chi connectivity index (χ0v) is 21.7. The quantitative estimate of drug-likeness (QED) is 0.211. The molecule has 2 heterocycles. The number of nitrogens with two attached hydrogens (primary N) is 2. The number of carbonyl (C=O) groups excluding carboxylic acids is 1. The number of para-hydroxylation sites is 1. The lowest BCUT2D eigenvalue weighted by Crippen LogP contribution is -2.28. The zero-order chi connectivity index (χ0) is 26.2. The first-order valence-electron chi connectivity index (χ1n) is 13.0. The van der Waals surface area contributed by atoms with Crippen molar-refractivity contribution in [3.63, 3.8) is 0 Å². The minimum Gasteiger partial charge on any atom is -0.383 e. The summed E-state index contributed by atoms with van der Waals surface area (Å²) in [6.07, 6.45) is 6.12. The second-order valence-electron chi connectivity index (χ2n) is 9.31. The van der Waals surface area contributed by atoms with Crippen molar-refractivity contribution in [2.45, 2.75) is 39.2 Å². The summed E-state index contributed by atoms with van der Waals surface area (Å²) in [7, 11) is 0. The van der Waals surface area contributed by atoms with E-state index in [4.69, 9.17) is 21.6 Å². The van der Waals surface area contributed by atoms with Gasteiger partial charge < -0.3 is 21.7 Å². The number of anilines is 3. The number of carbonyl (C=O) groups is 1. The van der Waals surface area contributed by atoms with Crippen molar-refractivity contribution in [1.82, 2.24) is 14.7 Å². The van der Waals surface area contributed by atoms with Crippen LogP contribution in [0.25, 0.3) is 11.3 Å². The summed E-state index contributed by atoms with van der Waals surface area (Å²) < 4.78 is 1.89. The first-order chi connectivity index (χ1) is 18.0. The average Bonchev–Trinajstić information content (AvgIpc) is 3.53. The Morgan fingerprint density at radius 2 is 1.89 bits per heavy atom. The van der Waals surface area contributed by atoms with Crippen LogP contribution in [0.15, 0.2) is 71.7 Å². The molecule has 2 aromatic carbocycles. The number of nitrogen functional groups attached to an aromatic ring is 1. The third-order valence-electron chi connectivity index (χ3n) is 6.61. The number of nitrogens with zero attached hydrogens (tertiary/aromatic N) is 4. The van der Waals surface area contributed by atoms with Crippen molar-refractivity contribution < 1.29 is 4.79 Å². The van der Waals surface area contributed by atoms with Gasteiger partial charge in [0.25, 0.3) is 0 Å². The maximum absolute atomic E-state index is 12.5. The molecule has 1 aliphatic rings. The summed E-state index contributed by atoms with van der Waals surface area (Å²) in [5, 5.41) is 8.42. The second-order valence-corrected chi connectivity index (χ2v) is 9.31. The maximum Gasteiger partial charge on any atom is 0.246 e. The monoisotopic (exact) mass is 499 g/mol. The van der Waals surface area contributed by atoms with Crippen LogP contribution in [-0.2, 0) is 4.79 Å². The van der Waals surface area contributed by atoms with Crippen LogP contribution in [0.1, 0.15) is 44.7 Å². The first-order valence-corrected chi connectivity index (χ1v) is 13.0. The van der Waals surface area contributed by atoms with Crippen molar-refractivity contribution in [3.05, 3.63) is 72.3 Å². The number of rotatable bonds is 10. The number of aromatic nitrogens is 2. The van der Waals surface area contributed by atoms with Gasteiger partial charge >= 0.3 is 0 Å². The molecule has 0 aliphatic carbocycles. The number of likely N-dealkylation sites (tertiary alicyclic amines) is 1. The van der Waals surface area contributed by atoms with Crippen molar-refractivity contribution in [1.29, 1.82) is 0 Å². The molecule has 5 N–H and O–H groups in total. The molecule has 1 atom stereocenters. The van der Waals surface area contributed by atoms with Gasteiger partial charge in [0.1, 0.15) is 11.5 Å². The van der Waals surface area contributed by atoms with Crippen LogP contribution in [0.2, 0.25) is 0 Å². The highest BCUT2D eigenvalue weighted by Gasteiger charge is 2.30. The number of hydrogen-bond donors (Lipinski definition) is 3. The van der Waals surface area contributed by atoms with E-state index in [9.17, 15) is 4.79 Å². The summed E-state index contributed by atoms with van der Waals surface area (Å²) >= 11 is 0. The normalized spacial score (nSPS) is 16.0. The van der Waals surface area contributed by atoms with Gasteiger partial charge in [0.05, 0.1) is 11.6 Å². The zero-order valence-electron chi connectivity index (χ0n) is 21.7. The van der Waals surface area contributed by atoms with E-state index in [1.165, 1.54) is 0 Å². The fraction of sp³-hybridized carbons (Fsp3) is 0.345. The van der Waals surface area contributed by atoms with Gasteiger partial charge in [-0.3, -0.25) is 9.79 Å². The van der Waals surface area contributed by atoms with Crippen LogP contribution in [0.5, 0.6) is 0 Å². The molecule has 8 nitrogen and oxygen atoms in total. The highest BCUT2D eigenvalue weighted by atomic mass is 16.2. The molecule has 37 heavy (non-hydrogen) atoms. The Morgan fingerprint density at radius 1 is 1.16 bits per heavy atom. The number of aliphatic imine (C=N–C) groups is 1. The number of benzene rings is 2. The highest BCUT2D eigenvalue weighted by Crippen LogP contribution is 2.33. The van der Waals surface area contributed by atoms with Gasteiger partial charge in [0.15, 0.2) is 0 Å². The van der Waals surface area contributed by atoms with Crippen LogP contribution in [0, 0.1) is 0 Å². The average molecular weight is 500 g/mol. The van der Waals surface area contributed by atoms with Crippen LogP contribution >= 0.6 is 0 Å². The van der Waals surface area contributed by atoms with E-state index in [1.54, 1.807) is 12.2 Å². The van der Waals surface area contributed by atoms with E-state index in [0.29, 0.717) is 25.5 Å². The summed E-state index contributed by atoms with van der Waals surface area (Å²) in [5.74, 6) is 0.564. The molecule has 1 aromatic heterocycles. The Bertz CT molecular complexity index is 1250. The van der Waals surface area contributed by atoms with Gasteiger partial charge in [-0.15, -0.1) is 0 Å². The predicted octanol–water partition coefficient (Wildman–Crippen LogP) is 4.77. The molecular formula is C29H37N7O. The van der Waals surface area contributed by atoms with E-state index in [2.05, 4.69) is 24.4 Å². The van der Waals surface area contributed by atoms with E-state index in [1.807, 2.05) is 59.0 Å². The van der Waals surface area contributed by atoms with Crippen LogP contribution < -0.4 is 16.8 Å². The Balaban J connectivity index is 1.64. The molecule has 8 heteroatoms. The summed E-state index contributed by atoms with van der Waals surface area (Å²) in [6.45, 7) is 6.48. The largest absolute Gasteiger partial charge is 0.383 e. The second kappa shape index (κ2) is 12.4. The standard InChI is InChI=1S/C29H37N7O/c1-3-4-18-32-21(2)27-28(22-12-14-24(15-13-22)33-23-9-6-5-7-10-23)34-36(29(27)31)25-16-19-35(20-25)26(37)11-8-17-30/h5-15,25,33H,3-4,16-20,30-31H2,1-2H3/b11-8+,32-21?. The Hall–Kier alpha value is -3.91. The van der Waals surface area contributed by atoms with E-state index < -0.39 is 0 Å². The smallest absolute Gasteiger partial charge is 0.246 e. The molecule has 0 saturated carbocycles. The molecule has 0 bridgehead atoms. The molecule has 1 amide bonds. The number of nitrogens with one attached hydrogen (secondary N) is 1. The molecule has 194 valence electrons. The lowest BCUT2D eigenvalue weighted by molar-refractivity contribution is -0.125. The van der Waals surface area contributed by atoms with Crippen molar-refractivity contribution in [2.75, 3.05) is 37.2 Å². The van der Waals surface area contributed by atoms with Gasteiger partial charge in [-0.1, -0.05) is 49.8 Å². The lowest BCUT2D eigenvalue weighted by atomic mass is 10.0. The van der Waals surface area contributed by atoms with Gasteiger partial charge in [-0.25, -0.2) is 4.68 Å². The van der Waals surface area contributed by atoms with Crippen molar-refractivity contribution in [2.24, 2.45) is 10.7 Å². The molecule has 4 rings (SSSR count). The van der Waals surface area contributed by atoms with Crippen molar-refractivity contribution >= 4 is 28.8 Å². The summed E-state index contributed by atoms with van der Waals surface area (Å²) in [5.41, 5.74) is 17.8. The van der Waals surface area contributed by atoms with Crippen molar-refractivity contribution in [3.8, 4) is 11.3 Å². The van der Waals surface area contributed by atoms with Crippen LogP contribution in [0.4, 0.5) is 17.2 Å². The Kier molecular flexibility index (Phi) is 8.74. The molecule has 0 radical (unpaired) electrons. The third-order valence-corrected chi connectivity index (χ3v) is 6.61. The van der Waals surface area contributed by atoms with E-state index >= 15 is 0 Å². The minimum absolute atomic E-state index is 0.00480. The number of amides is 1. The molecular weight excluding hydrogens is 462 g/mol. The lowest BCUT2D eigenvalue weighted by Gasteiger charge is -2.15. The topological polar surface area (TPSA) is 115 Å². The molecule has 1 unspecified atom stereocenters. The fourth-order valence-electron chi connectivity index (χ4n) is 4.58. The highest BCUT2D eigenvalue weighted by molar-refractivity contribution is 6.07. The molecule has 0 spiro atoms. The van der Waals surface area contributed by atoms with Gasteiger partial charge in [0, 0.05) is 54.9 Å². The predicted molar refractivity (Wildman–Crippen MR) is 152 cm³/mol. The molecule has 1 fully saturated rings. The number of unbranched alkanes of at least 4 members (excludes halogenated alkanes) is 1. The van der Waals surface area contributed by atoms with Gasteiger partial charge in [0.2, 0.25) is 5.91 Å². The molecule has 1 saturated heterocycles. The van der Waals surface area contributed by atoms with Gasteiger partial charge in [-0.05, 0) is 44.0 Å². The van der Waals surface area contributed by atoms with Crippen LogP contribution in [-0.4, -0.2) is 52.5 Å².